The number of thiazole rings is 1. The minimum absolute atomic E-state index is 0.0700. The number of nitroso groups, excluding NO2 is 1. The lowest BCUT2D eigenvalue weighted by molar-refractivity contribution is -0.151. The van der Waals surface area contributed by atoms with Gasteiger partial charge in [-0.1, -0.05) is 0 Å². The average molecular weight is 533 g/mol. The highest BCUT2D eigenvalue weighted by Gasteiger charge is 2.54. The molecule has 36 heavy (non-hydrogen) atoms. The van der Waals surface area contributed by atoms with Crippen LogP contribution in [0.3, 0.4) is 0 Å². The number of thioether (sulfide) groups is 1. The van der Waals surface area contributed by atoms with Crippen molar-refractivity contribution < 1.29 is 29.0 Å². The third kappa shape index (κ3) is 5.01. The van der Waals surface area contributed by atoms with Crippen molar-refractivity contribution in [1.29, 1.82) is 0 Å². The molecule has 15 heteroatoms. The highest BCUT2D eigenvalue weighted by atomic mass is 32.2. The number of carboxylic acids is 1. The Kier molecular flexibility index (Phi) is 7.21. The van der Waals surface area contributed by atoms with Crippen molar-refractivity contribution in [1.82, 2.24) is 15.2 Å². The second-order valence-corrected chi connectivity index (χ2v) is 9.76. The second kappa shape index (κ2) is 10.3. The number of aromatic nitrogens is 1. The van der Waals surface area contributed by atoms with E-state index in [1.807, 2.05) is 0 Å². The maximum absolute atomic E-state index is 12.8. The van der Waals surface area contributed by atoms with Crippen molar-refractivity contribution in [3.63, 3.8) is 0 Å². The normalized spacial score (nSPS) is 19.6. The van der Waals surface area contributed by atoms with Gasteiger partial charge in [0, 0.05) is 29.3 Å². The number of carbonyl (C=O) groups excluding carboxylic acids is 3. The van der Waals surface area contributed by atoms with Gasteiger partial charge in [-0.2, -0.15) is 0 Å². The molecule has 188 valence electrons. The minimum atomic E-state index is -1.48. The number of β-lactam (4-membered cyclic amide) rings is 1. The topological polar surface area (TPSA) is 193 Å². The zero-order valence-electron chi connectivity index (χ0n) is 18.7. The summed E-state index contributed by atoms with van der Waals surface area (Å²) in [6.45, 7) is 1.31. The Morgan fingerprint density at radius 2 is 2.06 bits per heavy atom. The quantitative estimate of drug-likeness (QED) is 0.270. The zero-order chi connectivity index (χ0) is 26.0. The van der Waals surface area contributed by atoms with Crippen molar-refractivity contribution in [2.24, 2.45) is 5.18 Å². The number of anilines is 2. The van der Waals surface area contributed by atoms with Gasteiger partial charge >= 0.3 is 5.97 Å². The Morgan fingerprint density at radius 1 is 1.33 bits per heavy atom. The number of carbonyl (C=O) groups is 4. The van der Waals surface area contributed by atoms with Crippen LogP contribution in [0.5, 0.6) is 5.75 Å². The van der Waals surface area contributed by atoms with Gasteiger partial charge in [-0.15, -0.1) is 28.0 Å². The Hall–Kier alpha value is -3.98. The number of nitrogen functional groups attached to an aromatic ring is 1. The Balaban J connectivity index is 1.43. The van der Waals surface area contributed by atoms with Gasteiger partial charge in [-0.3, -0.25) is 19.3 Å². The van der Waals surface area contributed by atoms with E-state index in [1.54, 1.807) is 24.3 Å². The summed E-state index contributed by atoms with van der Waals surface area (Å²) in [6.07, 6.45) is 0. The van der Waals surface area contributed by atoms with Crippen LogP contribution < -0.4 is 21.1 Å². The summed E-state index contributed by atoms with van der Waals surface area (Å²) in [5.41, 5.74) is 6.38. The summed E-state index contributed by atoms with van der Waals surface area (Å²) in [6, 6.07) is 4.02. The van der Waals surface area contributed by atoms with E-state index in [0.717, 1.165) is 16.2 Å². The number of hydrogen-bond acceptors (Lipinski definition) is 11. The third-order valence-electron chi connectivity index (χ3n) is 5.31. The third-order valence-corrected chi connectivity index (χ3v) is 7.34. The van der Waals surface area contributed by atoms with E-state index < -0.39 is 35.2 Å². The number of nitrogens with zero attached hydrogens (tertiary/aromatic N) is 3. The van der Waals surface area contributed by atoms with Crippen LogP contribution in [0.4, 0.5) is 10.8 Å². The number of ether oxygens (including phenoxy) is 1. The number of hydrogen-bond donors (Lipinski definition) is 4. The van der Waals surface area contributed by atoms with Crippen molar-refractivity contribution in [3.05, 3.63) is 51.5 Å². The van der Waals surface area contributed by atoms with Crippen LogP contribution in [-0.2, 0) is 19.2 Å². The lowest BCUT2D eigenvalue weighted by Crippen LogP contribution is -2.71. The highest BCUT2D eigenvalue weighted by molar-refractivity contribution is 8.00. The summed E-state index contributed by atoms with van der Waals surface area (Å²) < 4.78 is 5.70. The van der Waals surface area contributed by atoms with Gasteiger partial charge in [0.15, 0.2) is 5.13 Å². The predicted octanol–water partition coefficient (Wildman–Crippen LogP) is 1.31. The molecule has 2 aliphatic rings. The minimum Gasteiger partial charge on any atom is -0.489 e. The summed E-state index contributed by atoms with van der Waals surface area (Å²) in [5.74, 6) is -2.28. The van der Waals surface area contributed by atoms with Crippen molar-refractivity contribution in [2.45, 2.75) is 24.4 Å². The first-order chi connectivity index (χ1) is 17.2. The van der Waals surface area contributed by atoms with Crippen LogP contribution in [-0.4, -0.2) is 62.5 Å². The number of aliphatic carboxylic acids is 1. The fraction of sp³-hybridized carbons (Fsp3) is 0.286. The number of fused-ring (bicyclic) bond motifs is 1. The standard InChI is InChI=1S/C21H20N6O7S2/c1-9(28)23-11-2-4-12(5-3-11)34-6-10-7-35-19-15(18(30)27(19)16(10)20(31)32)25-17(29)14(26-33)13-8-36-21(22)24-13/h2-5,8,14-15,19H,6-7H2,1H3,(H2,22,24)(H,23,28)(H,25,29)(H,31,32)/t14?,15?,19-/m0/s1. The number of rotatable bonds is 9. The van der Waals surface area contributed by atoms with E-state index in [4.69, 9.17) is 10.5 Å². The molecule has 5 N–H and O–H groups in total. The molecule has 4 rings (SSSR count). The van der Waals surface area contributed by atoms with Gasteiger partial charge in [0.1, 0.15) is 29.5 Å². The maximum Gasteiger partial charge on any atom is 0.352 e. The van der Waals surface area contributed by atoms with Crippen molar-refractivity contribution in [2.75, 3.05) is 23.4 Å². The molecule has 3 amide bonds. The maximum atomic E-state index is 12.8. The van der Waals surface area contributed by atoms with E-state index in [9.17, 15) is 29.2 Å². The fourth-order valence-corrected chi connectivity index (χ4v) is 5.61. The molecular formula is C21H20N6O7S2. The monoisotopic (exact) mass is 532 g/mol. The van der Waals surface area contributed by atoms with Crippen LogP contribution in [0.1, 0.15) is 18.7 Å². The van der Waals surface area contributed by atoms with Gasteiger partial charge in [-0.05, 0) is 29.4 Å². The molecule has 0 bridgehead atoms. The number of amides is 3. The van der Waals surface area contributed by atoms with E-state index >= 15 is 0 Å². The summed E-state index contributed by atoms with van der Waals surface area (Å²) in [5, 5.41) is 18.6. The average Bonchev–Trinajstić information content (AvgIpc) is 3.27. The molecule has 0 radical (unpaired) electrons. The van der Waals surface area contributed by atoms with Crippen LogP contribution in [0.25, 0.3) is 0 Å². The molecule has 1 saturated heterocycles. The lowest BCUT2D eigenvalue weighted by Gasteiger charge is -2.49. The smallest absolute Gasteiger partial charge is 0.352 e. The summed E-state index contributed by atoms with van der Waals surface area (Å²) in [4.78, 5) is 64.8. The van der Waals surface area contributed by atoms with Gasteiger partial charge in [0.05, 0.1) is 5.69 Å². The molecule has 0 saturated carbocycles. The van der Waals surface area contributed by atoms with E-state index in [1.165, 1.54) is 24.1 Å². The zero-order valence-corrected chi connectivity index (χ0v) is 20.3. The molecule has 0 spiro atoms. The van der Waals surface area contributed by atoms with E-state index in [2.05, 4.69) is 20.8 Å². The molecule has 2 aliphatic heterocycles. The second-order valence-electron chi connectivity index (χ2n) is 7.77. The van der Waals surface area contributed by atoms with Crippen LogP contribution in [0, 0.1) is 4.91 Å². The molecule has 1 aromatic carbocycles. The summed E-state index contributed by atoms with van der Waals surface area (Å²) in [7, 11) is 0. The lowest BCUT2D eigenvalue weighted by atomic mass is 10.0. The Morgan fingerprint density at radius 3 is 2.64 bits per heavy atom. The van der Waals surface area contributed by atoms with Gasteiger partial charge in [0.25, 0.3) is 11.8 Å². The van der Waals surface area contributed by atoms with Crippen molar-refractivity contribution in [3.8, 4) is 5.75 Å². The molecular weight excluding hydrogens is 512 g/mol. The molecule has 0 aliphatic carbocycles. The predicted molar refractivity (Wildman–Crippen MR) is 131 cm³/mol. The van der Waals surface area contributed by atoms with E-state index in [-0.39, 0.29) is 34.8 Å². The first-order valence-corrected chi connectivity index (χ1v) is 12.4. The molecule has 2 aromatic rings. The fourth-order valence-electron chi connectivity index (χ4n) is 3.70. The highest BCUT2D eigenvalue weighted by Crippen LogP contribution is 2.40. The van der Waals surface area contributed by atoms with Crippen LogP contribution >= 0.6 is 23.1 Å². The van der Waals surface area contributed by atoms with Crippen molar-refractivity contribution >= 4 is 57.6 Å². The summed E-state index contributed by atoms with van der Waals surface area (Å²) >= 11 is 2.30. The molecule has 2 unspecified atom stereocenters. The molecule has 3 heterocycles. The Bertz CT molecular complexity index is 1260. The SMILES string of the molecule is CC(=O)Nc1ccc(OCC2=C(C(=O)O)N3C(=O)C(NC(=O)C(N=O)c4csc(N)n4)[C@@H]3SC2)cc1. The number of carboxylic acid groups (broad SMARTS) is 1. The largest absolute Gasteiger partial charge is 0.489 e. The molecule has 3 atom stereocenters. The van der Waals surface area contributed by atoms with Gasteiger partial charge in [-0.25, -0.2) is 9.78 Å². The van der Waals surface area contributed by atoms with Gasteiger partial charge < -0.3 is 26.2 Å². The first kappa shape index (κ1) is 25.1. The number of nitrogens with one attached hydrogen (secondary N) is 2. The molecule has 1 aromatic heterocycles. The van der Waals surface area contributed by atoms with Crippen LogP contribution in [0.15, 0.2) is 46.1 Å². The Labute approximate surface area is 212 Å². The van der Waals surface area contributed by atoms with Crippen LogP contribution in [0.2, 0.25) is 0 Å². The number of benzene rings is 1. The van der Waals surface area contributed by atoms with E-state index in [0.29, 0.717) is 17.0 Å². The van der Waals surface area contributed by atoms with Gasteiger partial charge in [0.2, 0.25) is 11.9 Å². The number of nitrogens with two attached hydrogens (primary N) is 1. The first-order valence-electron chi connectivity index (χ1n) is 10.4. The molecule has 13 nitrogen and oxygen atoms in total. The molecule has 1 fully saturated rings.